The van der Waals surface area contributed by atoms with Crippen molar-refractivity contribution in [3.63, 3.8) is 0 Å². The summed E-state index contributed by atoms with van der Waals surface area (Å²) in [5, 5.41) is 1.33. The number of anilines is 1. The molecule has 6 heteroatoms. The predicted molar refractivity (Wildman–Crippen MR) is 132 cm³/mol. The molecule has 170 valence electrons. The number of H-pyrrole nitrogens is 1. The van der Waals surface area contributed by atoms with Crippen molar-refractivity contribution in [2.45, 2.75) is 32.2 Å². The van der Waals surface area contributed by atoms with Crippen LogP contribution in [-0.2, 0) is 6.42 Å². The third kappa shape index (κ3) is 4.09. The maximum absolute atomic E-state index is 5.34. The normalized spacial score (nSPS) is 19.0. The lowest BCUT2D eigenvalue weighted by atomic mass is 10.0. The minimum Gasteiger partial charge on any atom is -0.481 e. The van der Waals surface area contributed by atoms with E-state index in [1.54, 1.807) is 7.11 Å². The Balaban J connectivity index is 1.36. The van der Waals surface area contributed by atoms with Crippen molar-refractivity contribution in [2.24, 2.45) is 0 Å². The lowest BCUT2D eigenvalue weighted by Gasteiger charge is -2.42. The number of piperazine rings is 1. The van der Waals surface area contributed by atoms with Gasteiger partial charge in [-0.2, -0.15) is 0 Å². The minimum atomic E-state index is 0.645. The van der Waals surface area contributed by atoms with Crippen molar-refractivity contribution >= 4 is 16.6 Å². The van der Waals surface area contributed by atoms with Crippen molar-refractivity contribution < 1.29 is 4.74 Å². The number of nitrogens with zero attached hydrogens (tertiary/aromatic N) is 4. The van der Waals surface area contributed by atoms with E-state index in [4.69, 9.17) is 4.74 Å². The summed E-state index contributed by atoms with van der Waals surface area (Å²) in [6.45, 7) is 9.26. The molecule has 0 spiro atoms. The lowest BCUT2D eigenvalue weighted by Crippen LogP contribution is -2.53. The first-order valence-corrected chi connectivity index (χ1v) is 12.0. The molecular weight excluding hydrogens is 398 g/mol. The second kappa shape index (κ2) is 9.12. The molecule has 2 saturated heterocycles. The number of ether oxygens (including phenoxy) is 1. The fourth-order valence-electron chi connectivity index (χ4n) is 5.43. The first-order valence-electron chi connectivity index (χ1n) is 12.0. The number of aromatic nitrogens is 2. The van der Waals surface area contributed by atoms with Gasteiger partial charge in [0.05, 0.1) is 7.11 Å². The zero-order chi connectivity index (χ0) is 22.1. The highest BCUT2D eigenvalue weighted by atomic mass is 16.5. The van der Waals surface area contributed by atoms with E-state index in [0.717, 1.165) is 31.1 Å². The number of aromatic amines is 1. The molecule has 2 fully saturated rings. The van der Waals surface area contributed by atoms with Gasteiger partial charge in [-0.1, -0.05) is 6.92 Å². The Bertz CT molecular complexity index is 1060. The van der Waals surface area contributed by atoms with Crippen LogP contribution in [0.4, 0.5) is 5.69 Å². The molecule has 0 amide bonds. The molecule has 0 bridgehead atoms. The Labute approximate surface area is 191 Å². The summed E-state index contributed by atoms with van der Waals surface area (Å²) in [4.78, 5) is 15.7. The lowest BCUT2D eigenvalue weighted by molar-refractivity contribution is 0.115. The summed E-state index contributed by atoms with van der Waals surface area (Å²) in [7, 11) is 3.91. The number of benzene rings is 1. The van der Waals surface area contributed by atoms with Crippen molar-refractivity contribution in [1.82, 2.24) is 19.8 Å². The largest absolute Gasteiger partial charge is 0.481 e. The van der Waals surface area contributed by atoms with Gasteiger partial charge in [0.2, 0.25) is 5.88 Å². The number of hydrogen-bond donors (Lipinski definition) is 1. The Morgan fingerprint density at radius 3 is 2.53 bits per heavy atom. The van der Waals surface area contributed by atoms with Gasteiger partial charge in [-0.3, -0.25) is 4.90 Å². The molecule has 4 heterocycles. The fourth-order valence-corrected chi connectivity index (χ4v) is 5.43. The molecule has 6 nitrogen and oxygen atoms in total. The average molecular weight is 434 g/mol. The summed E-state index contributed by atoms with van der Waals surface area (Å²) < 4.78 is 5.34. The van der Waals surface area contributed by atoms with E-state index < -0.39 is 0 Å². The fraction of sp³-hybridized carbons (Fsp3) is 0.500. The van der Waals surface area contributed by atoms with Gasteiger partial charge in [0.15, 0.2) is 0 Å². The van der Waals surface area contributed by atoms with E-state index in [0.29, 0.717) is 5.88 Å². The molecule has 2 aliphatic rings. The second-order valence-electron chi connectivity index (χ2n) is 9.21. The van der Waals surface area contributed by atoms with Crippen molar-refractivity contribution in [3.8, 4) is 17.1 Å². The van der Waals surface area contributed by atoms with Crippen molar-refractivity contribution in [1.29, 1.82) is 0 Å². The van der Waals surface area contributed by atoms with Crippen LogP contribution in [0.5, 0.6) is 5.88 Å². The number of hydrogen-bond acceptors (Lipinski definition) is 5. The first-order chi connectivity index (χ1) is 15.7. The molecule has 1 aromatic carbocycles. The molecule has 0 radical (unpaired) electrons. The SMILES string of the molecule is CCc1c(-c2ccnc(OC)c2)[nH]c2ccc(N3CCN(C4CCN(C)CC4)CC3)cc12. The molecule has 3 aromatic rings. The van der Waals surface area contributed by atoms with Crippen LogP contribution in [0.3, 0.4) is 0 Å². The zero-order valence-corrected chi connectivity index (χ0v) is 19.6. The van der Waals surface area contributed by atoms with Gasteiger partial charge >= 0.3 is 0 Å². The summed E-state index contributed by atoms with van der Waals surface area (Å²) in [5.74, 6) is 0.645. The molecular formula is C26H35N5O. The number of rotatable bonds is 5. The minimum absolute atomic E-state index is 0.645. The number of pyridine rings is 1. The third-order valence-corrected chi connectivity index (χ3v) is 7.36. The number of likely N-dealkylation sites (tertiary alicyclic amines) is 1. The molecule has 0 aliphatic carbocycles. The molecule has 0 saturated carbocycles. The van der Waals surface area contributed by atoms with Crippen LogP contribution >= 0.6 is 0 Å². The standard InChI is InChI=1S/C26H35N5O/c1-4-22-23-18-21(31-15-13-30(14-16-31)20-8-11-29(2)12-9-20)5-6-24(23)28-26(22)19-7-10-27-25(17-19)32-3/h5-7,10,17-18,20,28H,4,8-9,11-16H2,1-3H3. The van der Waals surface area contributed by atoms with Crippen LogP contribution in [-0.4, -0.2) is 79.2 Å². The van der Waals surface area contributed by atoms with Crippen LogP contribution in [0.2, 0.25) is 0 Å². The Hall–Kier alpha value is -2.57. The Morgan fingerprint density at radius 1 is 1.03 bits per heavy atom. The number of methoxy groups -OCH3 is 1. The smallest absolute Gasteiger partial charge is 0.213 e. The molecule has 0 atom stereocenters. The number of nitrogens with one attached hydrogen (secondary N) is 1. The highest BCUT2D eigenvalue weighted by Crippen LogP contribution is 2.34. The zero-order valence-electron chi connectivity index (χ0n) is 19.6. The van der Waals surface area contributed by atoms with E-state index >= 15 is 0 Å². The maximum Gasteiger partial charge on any atom is 0.213 e. The van der Waals surface area contributed by atoms with E-state index in [1.165, 1.54) is 66.9 Å². The number of aryl methyl sites for hydroxylation is 1. The van der Waals surface area contributed by atoms with Gasteiger partial charge in [-0.05, 0) is 69.2 Å². The summed E-state index contributed by atoms with van der Waals surface area (Å²) in [6.07, 6.45) is 5.42. The van der Waals surface area contributed by atoms with Crippen LogP contribution in [0.1, 0.15) is 25.3 Å². The van der Waals surface area contributed by atoms with E-state index in [2.05, 4.69) is 62.9 Å². The first kappa shape index (κ1) is 21.3. The summed E-state index contributed by atoms with van der Waals surface area (Å²) >= 11 is 0. The highest BCUT2D eigenvalue weighted by molar-refractivity contribution is 5.93. The van der Waals surface area contributed by atoms with Gasteiger partial charge in [0.1, 0.15) is 0 Å². The summed E-state index contributed by atoms with van der Waals surface area (Å²) in [6, 6.07) is 11.7. The van der Waals surface area contributed by atoms with Crippen LogP contribution in [0.25, 0.3) is 22.2 Å². The Morgan fingerprint density at radius 2 is 1.81 bits per heavy atom. The summed E-state index contributed by atoms with van der Waals surface area (Å²) in [5.41, 5.74) is 6.19. The van der Waals surface area contributed by atoms with Crippen LogP contribution < -0.4 is 9.64 Å². The quantitative estimate of drug-likeness (QED) is 0.659. The van der Waals surface area contributed by atoms with Crippen LogP contribution in [0, 0.1) is 0 Å². The Kier molecular flexibility index (Phi) is 6.07. The van der Waals surface area contributed by atoms with E-state index in [9.17, 15) is 0 Å². The highest BCUT2D eigenvalue weighted by Gasteiger charge is 2.26. The molecule has 0 unspecified atom stereocenters. The van der Waals surface area contributed by atoms with E-state index in [1.807, 2.05) is 12.3 Å². The van der Waals surface area contributed by atoms with Gasteiger partial charge in [-0.25, -0.2) is 4.98 Å². The number of piperidine rings is 1. The molecule has 32 heavy (non-hydrogen) atoms. The second-order valence-corrected chi connectivity index (χ2v) is 9.21. The molecule has 2 aromatic heterocycles. The predicted octanol–water partition coefficient (Wildman–Crippen LogP) is 4.02. The average Bonchev–Trinajstić information content (AvgIpc) is 3.22. The van der Waals surface area contributed by atoms with Gasteiger partial charge in [-0.15, -0.1) is 0 Å². The maximum atomic E-state index is 5.34. The van der Waals surface area contributed by atoms with Gasteiger partial charge in [0, 0.05) is 72.3 Å². The van der Waals surface area contributed by atoms with Gasteiger partial charge in [0.25, 0.3) is 0 Å². The topological polar surface area (TPSA) is 47.6 Å². The third-order valence-electron chi connectivity index (χ3n) is 7.36. The molecule has 2 aliphatic heterocycles. The van der Waals surface area contributed by atoms with Gasteiger partial charge < -0.3 is 19.5 Å². The monoisotopic (exact) mass is 433 g/mol. The number of fused-ring (bicyclic) bond motifs is 1. The van der Waals surface area contributed by atoms with Crippen LogP contribution in [0.15, 0.2) is 36.5 Å². The van der Waals surface area contributed by atoms with Crippen molar-refractivity contribution in [3.05, 3.63) is 42.1 Å². The van der Waals surface area contributed by atoms with Crippen molar-refractivity contribution in [2.75, 3.05) is 58.3 Å². The van der Waals surface area contributed by atoms with E-state index in [-0.39, 0.29) is 0 Å². The molecule has 5 rings (SSSR count). The molecule has 1 N–H and O–H groups in total.